The van der Waals surface area contributed by atoms with Crippen molar-refractivity contribution >= 4 is 17.9 Å². The van der Waals surface area contributed by atoms with Gasteiger partial charge in [-0.25, -0.2) is 24.9 Å². The molecule has 1 aromatic heterocycles. The first kappa shape index (κ1) is 13.7. The molecule has 0 aliphatic rings. The third-order valence-corrected chi connectivity index (χ3v) is 1.44. The summed E-state index contributed by atoms with van der Waals surface area (Å²) in [7, 11) is 0. The molecule has 1 rings (SSSR count). The molecule has 0 saturated heterocycles. The SMILES string of the molecule is CC(C)(C)OC(=O)NC(=O)Oc1ncc(N)cn1. The van der Waals surface area contributed by atoms with E-state index in [9.17, 15) is 9.59 Å². The number of imide groups is 1. The van der Waals surface area contributed by atoms with Gasteiger partial charge < -0.3 is 15.2 Å². The smallest absolute Gasteiger partial charge is 0.424 e. The quantitative estimate of drug-likeness (QED) is 0.770. The number of hydrogen-bond acceptors (Lipinski definition) is 7. The highest BCUT2D eigenvalue weighted by Gasteiger charge is 2.19. The van der Waals surface area contributed by atoms with Crippen molar-refractivity contribution < 1.29 is 19.1 Å². The number of nitrogens with two attached hydrogens (primary N) is 1. The molecule has 0 bridgehead atoms. The van der Waals surface area contributed by atoms with Crippen LogP contribution in [0.25, 0.3) is 0 Å². The molecule has 8 heteroatoms. The molecule has 0 fully saturated rings. The second-order valence-corrected chi connectivity index (χ2v) is 4.32. The van der Waals surface area contributed by atoms with Crippen molar-refractivity contribution in [2.75, 3.05) is 5.73 Å². The van der Waals surface area contributed by atoms with E-state index >= 15 is 0 Å². The number of amides is 2. The van der Waals surface area contributed by atoms with Crippen LogP contribution in [-0.4, -0.2) is 27.8 Å². The molecule has 0 aliphatic heterocycles. The maximum absolute atomic E-state index is 11.2. The first-order chi connectivity index (χ1) is 8.26. The number of hydrogen-bond donors (Lipinski definition) is 2. The molecular formula is C10H14N4O4. The second-order valence-electron chi connectivity index (χ2n) is 4.32. The van der Waals surface area contributed by atoms with Crippen LogP contribution in [0.2, 0.25) is 0 Å². The molecule has 2 amide bonds. The topological polar surface area (TPSA) is 116 Å². The third-order valence-electron chi connectivity index (χ3n) is 1.44. The lowest BCUT2D eigenvalue weighted by molar-refractivity contribution is 0.0532. The summed E-state index contributed by atoms with van der Waals surface area (Å²) in [5.74, 6) is 0. The number of anilines is 1. The van der Waals surface area contributed by atoms with E-state index in [0.29, 0.717) is 5.69 Å². The summed E-state index contributed by atoms with van der Waals surface area (Å²) in [6.07, 6.45) is 0.587. The summed E-state index contributed by atoms with van der Waals surface area (Å²) >= 11 is 0. The van der Waals surface area contributed by atoms with Gasteiger partial charge in [0.1, 0.15) is 5.60 Å². The molecule has 1 aromatic rings. The predicted octanol–water partition coefficient (Wildman–Crippen LogP) is 1.08. The largest absolute Gasteiger partial charge is 0.443 e. The molecule has 1 heterocycles. The molecule has 0 aromatic carbocycles. The second kappa shape index (κ2) is 5.30. The van der Waals surface area contributed by atoms with Crippen molar-refractivity contribution in [1.82, 2.24) is 15.3 Å². The summed E-state index contributed by atoms with van der Waals surface area (Å²) in [6, 6.07) is -0.217. The molecule has 0 saturated carbocycles. The molecule has 8 nitrogen and oxygen atoms in total. The fourth-order valence-corrected chi connectivity index (χ4v) is 0.874. The molecule has 0 spiro atoms. The van der Waals surface area contributed by atoms with Gasteiger partial charge in [0.2, 0.25) is 0 Å². The van der Waals surface area contributed by atoms with E-state index in [1.807, 2.05) is 5.32 Å². The molecule has 0 radical (unpaired) electrons. The van der Waals surface area contributed by atoms with Gasteiger partial charge in [-0.05, 0) is 20.8 Å². The number of rotatable bonds is 1. The highest BCUT2D eigenvalue weighted by atomic mass is 16.6. The number of nitrogens with one attached hydrogen (secondary N) is 1. The average Bonchev–Trinajstić information content (AvgIpc) is 2.18. The number of alkyl carbamates (subject to hydrolysis) is 1. The molecule has 0 aliphatic carbocycles. The zero-order chi connectivity index (χ0) is 13.8. The standard InChI is InChI=1S/C10H14N4O4/c1-10(2,3)18-9(16)14-8(15)17-7-12-4-6(11)5-13-7/h4-5H,11H2,1-3H3,(H,14,15,16). The van der Waals surface area contributed by atoms with E-state index in [1.54, 1.807) is 20.8 Å². The first-order valence-electron chi connectivity index (χ1n) is 5.05. The van der Waals surface area contributed by atoms with Crippen molar-refractivity contribution in [1.29, 1.82) is 0 Å². The minimum Gasteiger partial charge on any atom is -0.443 e. The van der Waals surface area contributed by atoms with Gasteiger partial charge in [0, 0.05) is 0 Å². The maximum atomic E-state index is 11.2. The zero-order valence-corrected chi connectivity index (χ0v) is 10.3. The van der Waals surface area contributed by atoms with Crippen LogP contribution >= 0.6 is 0 Å². The monoisotopic (exact) mass is 254 g/mol. The minimum atomic E-state index is -1.03. The van der Waals surface area contributed by atoms with E-state index in [0.717, 1.165) is 0 Å². The van der Waals surface area contributed by atoms with Crippen molar-refractivity contribution in [3.05, 3.63) is 12.4 Å². The average molecular weight is 254 g/mol. The molecule has 98 valence electrons. The van der Waals surface area contributed by atoms with Gasteiger partial charge in [-0.2, -0.15) is 0 Å². The Hall–Kier alpha value is -2.38. The van der Waals surface area contributed by atoms with Gasteiger partial charge in [-0.3, -0.25) is 0 Å². The van der Waals surface area contributed by atoms with E-state index < -0.39 is 17.8 Å². The Morgan fingerprint density at radius 1 is 1.22 bits per heavy atom. The van der Waals surface area contributed by atoms with E-state index in [1.165, 1.54) is 12.4 Å². The maximum Gasteiger partial charge on any atom is 0.424 e. The molecule has 0 atom stereocenters. The minimum absolute atomic E-state index is 0.217. The van der Waals surface area contributed by atoms with Crippen LogP contribution in [0.1, 0.15) is 20.8 Å². The van der Waals surface area contributed by atoms with Crippen molar-refractivity contribution in [2.45, 2.75) is 26.4 Å². The van der Waals surface area contributed by atoms with Gasteiger partial charge >= 0.3 is 18.2 Å². The number of nitrogen functional groups attached to an aromatic ring is 1. The molecule has 18 heavy (non-hydrogen) atoms. The van der Waals surface area contributed by atoms with E-state index in [4.69, 9.17) is 10.5 Å². The van der Waals surface area contributed by atoms with Crippen LogP contribution in [0, 0.1) is 0 Å². The van der Waals surface area contributed by atoms with Crippen LogP contribution in [0.15, 0.2) is 12.4 Å². The van der Waals surface area contributed by atoms with Crippen LogP contribution in [0.4, 0.5) is 15.3 Å². The molecular weight excluding hydrogens is 240 g/mol. The highest BCUT2D eigenvalue weighted by molar-refractivity contribution is 5.88. The van der Waals surface area contributed by atoms with Crippen molar-refractivity contribution in [3.63, 3.8) is 0 Å². The van der Waals surface area contributed by atoms with E-state index in [-0.39, 0.29) is 6.01 Å². The number of carbonyl (C=O) groups excluding carboxylic acids is 2. The van der Waals surface area contributed by atoms with Crippen LogP contribution in [0.5, 0.6) is 6.01 Å². The summed E-state index contributed by atoms with van der Waals surface area (Å²) in [5, 5.41) is 1.87. The summed E-state index contributed by atoms with van der Waals surface area (Å²) in [5.41, 5.74) is 4.97. The number of aromatic nitrogens is 2. The van der Waals surface area contributed by atoms with Gasteiger partial charge in [0.05, 0.1) is 18.1 Å². The van der Waals surface area contributed by atoms with Gasteiger partial charge in [0.15, 0.2) is 0 Å². The van der Waals surface area contributed by atoms with Gasteiger partial charge in [-0.15, -0.1) is 0 Å². The molecule has 3 N–H and O–H groups in total. The Morgan fingerprint density at radius 3 is 2.28 bits per heavy atom. The van der Waals surface area contributed by atoms with Gasteiger partial charge in [-0.1, -0.05) is 0 Å². The van der Waals surface area contributed by atoms with Crippen LogP contribution in [0.3, 0.4) is 0 Å². The van der Waals surface area contributed by atoms with Crippen LogP contribution in [-0.2, 0) is 4.74 Å². The highest BCUT2D eigenvalue weighted by Crippen LogP contribution is 2.07. The Labute approximate surface area is 104 Å². The Bertz CT molecular complexity index is 438. The first-order valence-corrected chi connectivity index (χ1v) is 5.05. The van der Waals surface area contributed by atoms with Crippen molar-refractivity contribution in [2.24, 2.45) is 0 Å². The number of nitrogens with zero attached hydrogens (tertiary/aromatic N) is 2. The van der Waals surface area contributed by atoms with Crippen LogP contribution < -0.4 is 15.8 Å². The summed E-state index contributed by atoms with van der Waals surface area (Å²) < 4.78 is 9.48. The number of carbonyl (C=O) groups is 2. The zero-order valence-electron chi connectivity index (χ0n) is 10.3. The summed E-state index contributed by atoms with van der Waals surface area (Å²) in [4.78, 5) is 29.7. The fourth-order valence-electron chi connectivity index (χ4n) is 0.874. The normalized spacial score (nSPS) is 10.6. The molecule has 0 unspecified atom stereocenters. The Morgan fingerprint density at radius 2 is 1.78 bits per heavy atom. The Balaban J connectivity index is 2.47. The fraction of sp³-hybridized carbons (Fsp3) is 0.400. The lowest BCUT2D eigenvalue weighted by atomic mass is 10.2. The predicted molar refractivity (Wildman–Crippen MR) is 61.8 cm³/mol. The van der Waals surface area contributed by atoms with E-state index in [2.05, 4.69) is 14.7 Å². The number of ether oxygens (including phenoxy) is 2. The lowest BCUT2D eigenvalue weighted by Crippen LogP contribution is -2.38. The summed E-state index contributed by atoms with van der Waals surface area (Å²) in [6.45, 7) is 5.00. The van der Waals surface area contributed by atoms with Gasteiger partial charge in [0.25, 0.3) is 0 Å². The lowest BCUT2D eigenvalue weighted by Gasteiger charge is -2.18. The van der Waals surface area contributed by atoms with Crippen molar-refractivity contribution in [3.8, 4) is 6.01 Å². The Kier molecular flexibility index (Phi) is 4.03. The third kappa shape index (κ3) is 5.10.